The zero-order chi connectivity index (χ0) is 29.9. The first-order chi connectivity index (χ1) is 22.2. The van der Waals surface area contributed by atoms with E-state index in [0.29, 0.717) is 10.8 Å². The summed E-state index contributed by atoms with van der Waals surface area (Å²) in [5, 5.41) is 2.10. The Morgan fingerprint density at radius 3 is 2.00 bits per heavy atom. The first kappa shape index (κ1) is 25.6. The molecule has 0 aliphatic rings. The van der Waals surface area contributed by atoms with Crippen molar-refractivity contribution in [1.29, 1.82) is 0 Å². The minimum atomic E-state index is -0.336. The molecule has 9 rings (SSSR count). The van der Waals surface area contributed by atoms with Gasteiger partial charge in [-0.2, -0.15) is 9.97 Å². The number of benzene rings is 6. The van der Waals surface area contributed by atoms with Gasteiger partial charge in [-0.1, -0.05) is 121 Å². The fraction of sp³-hybridized carbons (Fsp3) is 0. The molecule has 6 heteroatoms. The highest BCUT2D eigenvalue weighted by Gasteiger charge is 2.17. The van der Waals surface area contributed by atoms with Crippen LogP contribution in [0.15, 0.2) is 149 Å². The number of aromatic nitrogens is 3. The number of hydrogen-bond donors (Lipinski definition) is 0. The number of furan rings is 1. The smallest absolute Gasteiger partial charge is 0.356 e. The van der Waals surface area contributed by atoms with E-state index >= 15 is 0 Å². The van der Waals surface area contributed by atoms with Crippen LogP contribution >= 0.6 is 11.3 Å². The van der Waals surface area contributed by atoms with Crippen molar-refractivity contribution >= 4 is 48.5 Å². The van der Waals surface area contributed by atoms with E-state index in [2.05, 4.69) is 96.0 Å². The van der Waals surface area contributed by atoms with E-state index in [0.717, 1.165) is 60.0 Å². The minimum absolute atomic E-state index is 0.336. The molecule has 0 saturated heterocycles. The third kappa shape index (κ3) is 4.26. The molecule has 0 aliphatic carbocycles. The summed E-state index contributed by atoms with van der Waals surface area (Å²) in [5.74, 6) is 0.438. The van der Waals surface area contributed by atoms with Gasteiger partial charge in [0.1, 0.15) is 11.2 Å². The van der Waals surface area contributed by atoms with E-state index < -0.39 is 0 Å². The zero-order valence-electron chi connectivity index (χ0n) is 23.8. The molecule has 212 valence electrons. The highest BCUT2D eigenvalue weighted by Crippen LogP contribution is 2.40. The fourth-order valence-electron chi connectivity index (χ4n) is 6.16. The summed E-state index contributed by atoms with van der Waals surface area (Å²) < 4.78 is 8.91. The molecule has 0 saturated carbocycles. The van der Waals surface area contributed by atoms with Gasteiger partial charge in [0, 0.05) is 16.3 Å². The molecule has 3 aromatic heterocycles. The number of fused-ring (bicyclic) bond motifs is 6. The summed E-state index contributed by atoms with van der Waals surface area (Å²) in [6.07, 6.45) is 0. The minimum Gasteiger partial charge on any atom is -0.456 e. The SMILES string of the molecule is O=c1nc(-c2ccccc2)nc2sc3ccc(-c4cccc5oc6ccc(-c7ccc(-c8ccccc8)cc7)cc6c45)cc3n12. The van der Waals surface area contributed by atoms with Crippen LogP contribution in [0.25, 0.3) is 81.9 Å². The number of nitrogens with zero attached hydrogens (tertiary/aromatic N) is 3. The van der Waals surface area contributed by atoms with E-state index in [9.17, 15) is 4.79 Å². The molecule has 3 heterocycles. The van der Waals surface area contributed by atoms with Crippen LogP contribution in [0.2, 0.25) is 0 Å². The maximum atomic E-state index is 13.3. The average Bonchev–Trinajstić information content (AvgIpc) is 3.67. The van der Waals surface area contributed by atoms with Crippen LogP contribution in [0.4, 0.5) is 0 Å². The molecule has 5 nitrogen and oxygen atoms in total. The van der Waals surface area contributed by atoms with Crippen LogP contribution in [0.3, 0.4) is 0 Å². The predicted molar refractivity (Wildman–Crippen MR) is 184 cm³/mol. The largest absolute Gasteiger partial charge is 0.456 e. The molecule has 0 bridgehead atoms. The topological polar surface area (TPSA) is 60.4 Å². The molecule has 0 spiro atoms. The molecule has 0 fully saturated rings. The second-order valence-electron chi connectivity index (χ2n) is 11.0. The lowest BCUT2D eigenvalue weighted by atomic mass is 9.96. The van der Waals surface area contributed by atoms with Crippen molar-refractivity contribution in [3.8, 4) is 44.8 Å². The number of rotatable bonds is 4. The number of thiazole rings is 1. The second-order valence-corrected chi connectivity index (χ2v) is 12.0. The molecule has 6 aromatic carbocycles. The predicted octanol–water partition coefficient (Wildman–Crippen LogP) is 9.87. The Morgan fingerprint density at radius 2 is 1.22 bits per heavy atom. The molecule has 0 N–H and O–H groups in total. The second kappa shape index (κ2) is 10.1. The van der Waals surface area contributed by atoms with Gasteiger partial charge in [0.2, 0.25) is 4.96 Å². The highest BCUT2D eigenvalue weighted by molar-refractivity contribution is 7.23. The Labute approximate surface area is 261 Å². The van der Waals surface area contributed by atoms with Crippen LogP contribution < -0.4 is 5.69 Å². The van der Waals surface area contributed by atoms with E-state index in [-0.39, 0.29) is 5.69 Å². The van der Waals surface area contributed by atoms with Crippen molar-refractivity contribution in [2.24, 2.45) is 0 Å². The fourth-order valence-corrected chi connectivity index (χ4v) is 7.14. The molecule has 0 radical (unpaired) electrons. The van der Waals surface area contributed by atoms with Crippen LogP contribution in [0.1, 0.15) is 0 Å². The first-order valence-electron chi connectivity index (χ1n) is 14.7. The van der Waals surface area contributed by atoms with Crippen LogP contribution in [-0.2, 0) is 0 Å². The van der Waals surface area contributed by atoms with Gasteiger partial charge in [-0.05, 0) is 63.7 Å². The van der Waals surface area contributed by atoms with Gasteiger partial charge in [-0.15, -0.1) is 0 Å². The molecule has 0 atom stereocenters. The molecule has 0 amide bonds. The van der Waals surface area contributed by atoms with Gasteiger partial charge >= 0.3 is 5.69 Å². The Hall–Kier alpha value is -5.85. The Kier molecular flexibility index (Phi) is 5.76. The third-order valence-corrected chi connectivity index (χ3v) is 9.37. The molecule has 9 aromatic rings. The molecular weight excluding hydrogens is 575 g/mol. The maximum absolute atomic E-state index is 13.3. The van der Waals surface area contributed by atoms with E-state index in [1.165, 1.54) is 22.5 Å². The molecular formula is C39H23N3O2S. The summed E-state index contributed by atoms with van der Waals surface area (Å²) in [5.41, 5.74) is 9.62. The van der Waals surface area contributed by atoms with Crippen LogP contribution in [-0.4, -0.2) is 14.4 Å². The van der Waals surface area contributed by atoms with Gasteiger partial charge < -0.3 is 4.42 Å². The van der Waals surface area contributed by atoms with Crippen molar-refractivity contribution < 1.29 is 4.42 Å². The van der Waals surface area contributed by atoms with Gasteiger partial charge in [0.05, 0.1) is 10.2 Å². The summed E-state index contributed by atoms with van der Waals surface area (Å²) in [6, 6.07) is 47.4. The lowest BCUT2D eigenvalue weighted by Crippen LogP contribution is -2.17. The molecule has 45 heavy (non-hydrogen) atoms. The Balaban J connectivity index is 1.17. The average molecular weight is 598 g/mol. The number of hydrogen-bond acceptors (Lipinski definition) is 5. The quantitative estimate of drug-likeness (QED) is 0.203. The lowest BCUT2D eigenvalue weighted by Gasteiger charge is -2.07. The Bertz CT molecular complexity index is 2600. The van der Waals surface area contributed by atoms with E-state index in [1.807, 2.05) is 48.5 Å². The van der Waals surface area contributed by atoms with Gasteiger partial charge in [-0.25, -0.2) is 9.20 Å². The zero-order valence-corrected chi connectivity index (χ0v) is 24.7. The van der Waals surface area contributed by atoms with Crippen LogP contribution in [0.5, 0.6) is 0 Å². The lowest BCUT2D eigenvalue weighted by molar-refractivity contribution is 0.669. The van der Waals surface area contributed by atoms with E-state index in [4.69, 9.17) is 9.40 Å². The Morgan fingerprint density at radius 1 is 0.556 bits per heavy atom. The van der Waals surface area contributed by atoms with Crippen molar-refractivity contribution in [3.63, 3.8) is 0 Å². The molecule has 0 aliphatic heterocycles. The van der Waals surface area contributed by atoms with Crippen molar-refractivity contribution in [3.05, 3.63) is 150 Å². The van der Waals surface area contributed by atoms with Crippen molar-refractivity contribution in [1.82, 2.24) is 14.4 Å². The monoisotopic (exact) mass is 597 g/mol. The molecule has 0 unspecified atom stereocenters. The third-order valence-electron chi connectivity index (χ3n) is 8.35. The maximum Gasteiger partial charge on any atom is 0.356 e. The van der Waals surface area contributed by atoms with E-state index in [1.54, 1.807) is 4.40 Å². The van der Waals surface area contributed by atoms with Gasteiger partial charge in [-0.3, -0.25) is 0 Å². The summed E-state index contributed by atoms with van der Waals surface area (Å²) in [7, 11) is 0. The first-order valence-corrected chi connectivity index (χ1v) is 15.5. The summed E-state index contributed by atoms with van der Waals surface area (Å²) in [4.78, 5) is 23.0. The van der Waals surface area contributed by atoms with Gasteiger partial charge in [0.15, 0.2) is 5.82 Å². The standard InChI is InChI=1S/C39H23N3O2S/c43-38-40-37(27-10-5-2-6-11-27)41-39-42(38)32-23-29(19-21-35(32)45-39)30-12-7-13-34-36(30)31-22-28(18-20-33(31)44-34)26-16-14-25(15-17-26)24-8-3-1-4-9-24/h1-23H. The summed E-state index contributed by atoms with van der Waals surface area (Å²) in [6.45, 7) is 0. The normalized spacial score (nSPS) is 11.6. The van der Waals surface area contributed by atoms with Crippen molar-refractivity contribution in [2.45, 2.75) is 0 Å². The highest BCUT2D eigenvalue weighted by atomic mass is 32.1. The van der Waals surface area contributed by atoms with Crippen LogP contribution in [0, 0.1) is 0 Å². The summed E-state index contributed by atoms with van der Waals surface area (Å²) >= 11 is 1.49. The van der Waals surface area contributed by atoms with Crippen molar-refractivity contribution in [2.75, 3.05) is 0 Å². The van der Waals surface area contributed by atoms with Gasteiger partial charge in [0.25, 0.3) is 0 Å².